The Bertz CT molecular complexity index is 456. The van der Waals surface area contributed by atoms with Crippen molar-refractivity contribution in [3.8, 4) is 11.8 Å². The highest BCUT2D eigenvalue weighted by Crippen LogP contribution is 2.24. The van der Waals surface area contributed by atoms with Gasteiger partial charge in [0.2, 0.25) is 0 Å². The van der Waals surface area contributed by atoms with E-state index in [1.807, 2.05) is 5.38 Å². The van der Waals surface area contributed by atoms with E-state index in [0.29, 0.717) is 0 Å². The van der Waals surface area contributed by atoms with Crippen LogP contribution in [0.1, 0.15) is 24.3 Å². The minimum absolute atomic E-state index is 0.0817. The maximum atomic E-state index is 8.67. The normalized spacial score (nSPS) is 19.3. The van der Waals surface area contributed by atoms with Gasteiger partial charge in [0.05, 0.1) is 13.2 Å². The second-order valence-corrected chi connectivity index (χ2v) is 6.04. The van der Waals surface area contributed by atoms with Crippen molar-refractivity contribution in [3.05, 3.63) is 21.9 Å². The van der Waals surface area contributed by atoms with Crippen LogP contribution < -0.4 is 0 Å². The summed E-state index contributed by atoms with van der Waals surface area (Å²) >= 11 is 1.73. The molecule has 0 saturated carbocycles. The molecule has 1 N–H and O–H groups in total. The Kier molecular flexibility index (Phi) is 4.41. The first-order valence-electron chi connectivity index (χ1n) is 6.12. The quantitative estimate of drug-likeness (QED) is 0.826. The Morgan fingerprint density at radius 3 is 3.11 bits per heavy atom. The Balaban J connectivity index is 2.02. The summed E-state index contributed by atoms with van der Waals surface area (Å²) < 4.78 is 5.52. The van der Waals surface area contributed by atoms with E-state index in [9.17, 15) is 0 Å². The van der Waals surface area contributed by atoms with Crippen LogP contribution in [0.5, 0.6) is 0 Å². The summed E-state index contributed by atoms with van der Waals surface area (Å²) in [4.78, 5) is 3.76. The molecule has 3 nitrogen and oxygen atoms in total. The van der Waals surface area contributed by atoms with Gasteiger partial charge in [0, 0.05) is 34.4 Å². The lowest BCUT2D eigenvalue weighted by Gasteiger charge is -2.41. The number of hydrogen-bond donors (Lipinski definition) is 1. The molecule has 1 aromatic heterocycles. The third-order valence-electron chi connectivity index (χ3n) is 3.13. The van der Waals surface area contributed by atoms with Crippen molar-refractivity contribution in [2.75, 3.05) is 26.4 Å². The lowest BCUT2D eigenvalue weighted by atomic mass is 10.0. The van der Waals surface area contributed by atoms with E-state index < -0.39 is 0 Å². The number of aliphatic hydroxyl groups is 1. The SMILES string of the molecule is CC1(C)COCCN1Cc1cc(C#CCO)cs1. The van der Waals surface area contributed by atoms with E-state index in [1.54, 1.807) is 11.3 Å². The molecule has 0 atom stereocenters. The highest BCUT2D eigenvalue weighted by atomic mass is 32.1. The van der Waals surface area contributed by atoms with Gasteiger partial charge in [0.15, 0.2) is 0 Å². The second-order valence-electron chi connectivity index (χ2n) is 5.05. The topological polar surface area (TPSA) is 32.7 Å². The standard InChI is InChI=1S/C14H19NO2S/c1-14(2)11-17-7-5-15(14)9-13-8-12(10-18-13)4-3-6-16/h8,10,16H,5-7,9,11H2,1-2H3. The monoisotopic (exact) mass is 265 g/mol. The van der Waals surface area contributed by atoms with Gasteiger partial charge in [-0.3, -0.25) is 4.90 Å². The van der Waals surface area contributed by atoms with Crippen molar-refractivity contribution in [3.63, 3.8) is 0 Å². The fraction of sp³-hybridized carbons (Fsp3) is 0.571. The van der Waals surface area contributed by atoms with Gasteiger partial charge in [0.1, 0.15) is 6.61 Å². The van der Waals surface area contributed by atoms with Crippen LogP contribution >= 0.6 is 11.3 Å². The van der Waals surface area contributed by atoms with Crippen molar-refractivity contribution >= 4 is 11.3 Å². The zero-order valence-electron chi connectivity index (χ0n) is 10.9. The lowest BCUT2D eigenvalue weighted by molar-refractivity contribution is -0.0548. The van der Waals surface area contributed by atoms with E-state index >= 15 is 0 Å². The maximum Gasteiger partial charge on any atom is 0.104 e. The van der Waals surface area contributed by atoms with E-state index in [-0.39, 0.29) is 12.1 Å². The first-order valence-corrected chi connectivity index (χ1v) is 7.00. The first-order chi connectivity index (χ1) is 8.62. The van der Waals surface area contributed by atoms with E-state index in [1.165, 1.54) is 4.88 Å². The highest BCUT2D eigenvalue weighted by Gasteiger charge is 2.30. The molecule has 1 saturated heterocycles. The minimum atomic E-state index is -0.0817. The Labute approximate surface area is 112 Å². The predicted octanol–water partition coefficient (Wildman–Crippen LogP) is 1.70. The van der Waals surface area contributed by atoms with Gasteiger partial charge >= 0.3 is 0 Å². The van der Waals surface area contributed by atoms with E-state index in [4.69, 9.17) is 9.84 Å². The summed E-state index contributed by atoms with van der Waals surface area (Å²) in [5.41, 5.74) is 1.09. The van der Waals surface area contributed by atoms with Gasteiger partial charge in [-0.25, -0.2) is 0 Å². The molecule has 1 fully saturated rings. The van der Waals surface area contributed by atoms with Crippen molar-refractivity contribution in [1.29, 1.82) is 0 Å². The third kappa shape index (κ3) is 3.33. The molecule has 98 valence electrons. The lowest BCUT2D eigenvalue weighted by Crippen LogP contribution is -2.52. The average Bonchev–Trinajstić information content (AvgIpc) is 2.77. The van der Waals surface area contributed by atoms with Gasteiger partial charge in [-0.15, -0.1) is 11.3 Å². The fourth-order valence-electron chi connectivity index (χ4n) is 2.04. The van der Waals surface area contributed by atoms with Gasteiger partial charge in [-0.05, 0) is 19.9 Å². The zero-order chi connectivity index (χ0) is 13.0. The predicted molar refractivity (Wildman–Crippen MR) is 73.6 cm³/mol. The van der Waals surface area contributed by atoms with Crippen LogP contribution in [0.15, 0.2) is 11.4 Å². The molecule has 0 spiro atoms. The summed E-state index contributed by atoms with van der Waals surface area (Å²) in [5, 5.41) is 10.7. The van der Waals surface area contributed by atoms with E-state index in [2.05, 4.69) is 36.7 Å². The van der Waals surface area contributed by atoms with Crippen molar-refractivity contribution < 1.29 is 9.84 Å². The van der Waals surface area contributed by atoms with Gasteiger partial charge in [-0.1, -0.05) is 11.8 Å². The molecule has 2 rings (SSSR count). The van der Waals surface area contributed by atoms with Crippen LogP contribution in [0.25, 0.3) is 0 Å². The van der Waals surface area contributed by atoms with Crippen LogP contribution in [-0.2, 0) is 11.3 Å². The summed E-state index contributed by atoms with van der Waals surface area (Å²) in [6.07, 6.45) is 0. The van der Waals surface area contributed by atoms with Crippen LogP contribution in [0.4, 0.5) is 0 Å². The second kappa shape index (κ2) is 5.85. The highest BCUT2D eigenvalue weighted by molar-refractivity contribution is 7.10. The van der Waals surface area contributed by atoms with Crippen LogP contribution in [-0.4, -0.2) is 41.9 Å². The minimum Gasteiger partial charge on any atom is -0.384 e. The third-order valence-corrected chi connectivity index (χ3v) is 4.05. The Morgan fingerprint density at radius 1 is 1.56 bits per heavy atom. The summed E-state index contributed by atoms with van der Waals surface area (Å²) in [6, 6.07) is 2.11. The molecule has 0 bridgehead atoms. The number of hydrogen-bond acceptors (Lipinski definition) is 4. The number of thiophene rings is 1. The van der Waals surface area contributed by atoms with Crippen molar-refractivity contribution in [1.82, 2.24) is 4.90 Å². The van der Waals surface area contributed by atoms with Crippen LogP contribution in [0.2, 0.25) is 0 Å². The number of ether oxygens (including phenoxy) is 1. The first kappa shape index (κ1) is 13.6. The largest absolute Gasteiger partial charge is 0.384 e. The van der Waals surface area contributed by atoms with Gasteiger partial charge in [-0.2, -0.15) is 0 Å². The number of aliphatic hydroxyl groups excluding tert-OH is 1. The number of rotatable bonds is 2. The van der Waals surface area contributed by atoms with Crippen molar-refractivity contribution in [2.45, 2.75) is 25.9 Å². The van der Waals surface area contributed by atoms with Gasteiger partial charge < -0.3 is 9.84 Å². The molecule has 0 amide bonds. The van der Waals surface area contributed by atoms with Crippen LogP contribution in [0.3, 0.4) is 0 Å². The summed E-state index contributed by atoms with van der Waals surface area (Å²) in [7, 11) is 0. The molecule has 0 unspecified atom stereocenters. The molecule has 4 heteroatoms. The molecular weight excluding hydrogens is 246 g/mol. The summed E-state index contributed by atoms with van der Waals surface area (Å²) in [5.74, 6) is 5.62. The van der Waals surface area contributed by atoms with Crippen LogP contribution in [0, 0.1) is 11.8 Å². The molecule has 2 heterocycles. The zero-order valence-corrected chi connectivity index (χ0v) is 11.7. The fourth-order valence-corrected chi connectivity index (χ4v) is 2.87. The molecule has 0 aromatic carbocycles. The molecule has 1 aromatic rings. The molecule has 1 aliphatic heterocycles. The maximum absolute atomic E-state index is 8.67. The molecule has 1 aliphatic rings. The Hall–Kier alpha value is -0.860. The molecule has 18 heavy (non-hydrogen) atoms. The smallest absolute Gasteiger partial charge is 0.104 e. The van der Waals surface area contributed by atoms with Crippen molar-refractivity contribution in [2.24, 2.45) is 0 Å². The van der Waals surface area contributed by atoms with E-state index in [0.717, 1.165) is 31.9 Å². The molecular formula is C14H19NO2S. The summed E-state index contributed by atoms with van der Waals surface area (Å²) in [6.45, 7) is 7.87. The number of nitrogens with zero attached hydrogens (tertiary/aromatic N) is 1. The Morgan fingerprint density at radius 2 is 2.39 bits per heavy atom. The van der Waals surface area contributed by atoms with Gasteiger partial charge in [0.25, 0.3) is 0 Å². The molecule has 0 radical (unpaired) electrons. The average molecular weight is 265 g/mol. The number of morpholine rings is 1. The molecule has 0 aliphatic carbocycles.